The van der Waals surface area contributed by atoms with Crippen LogP contribution in [-0.4, -0.2) is 36.9 Å². The van der Waals surface area contributed by atoms with Gasteiger partial charge in [-0.15, -0.1) is 0 Å². The van der Waals surface area contributed by atoms with E-state index in [2.05, 4.69) is 5.32 Å². The highest BCUT2D eigenvalue weighted by atomic mass is 16.5. The van der Waals surface area contributed by atoms with Gasteiger partial charge in [0.2, 0.25) is 0 Å². The first-order valence-electron chi connectivity index (χ1n) is 9.19. The first-order chi connectivity index (χ1) is 13.2. The summed E-state index contributed by atoms with van der Waals surface area (Å²) in [5.74, 6) is 0.255. The maximum absolute atomic E-state index is 13.2. The van der Waals surface area contributed by atoms with Gasteiger partial charge < -0.3 is 15.0 Å². The van der Waals surface area contributed by atoms with Gasteiger partial charge in [-0.2, -0.15) is 0 Å². The molecule has 1 heterocycles. The fourth-order valence-electron chi connectivity index (χ4n) is 3.20. The average Bonchev–Trinajstić information content (AvgIpc) is 2.75. The zero-order valence-corrected chi connectivity index (χ0v) is 15.5. The van der Waals surface area contributed by atoms with E-state index in [-0.39, 0.29) is 11.8 Å². The minimum Gasteiger partial charge on any atom is -0.496 e. The third kappa shape index (κ3) is 4.56. The van der Waals surface area contributed by atoms with Gasteiger partial charge in [0.1, 0.15) is 5.75 Å². The molecular formula is C22H24N2O3. The Kier molecular flexibility index (Phi) is 6.26. The number of hydrogen-bond donors (Lipinski definition) is 1. The first kappa shape index (κ1) is 18.7. The van der Waals surface area contributed by atoms with Crippen LogP contribution in [0.25, 0.3) is 5.57 Å². The van der Waals surface area contributed by atoms with Crippen LogP contribution in [-0.2, 0) is 4.79 Å². The van der Waals surface area contributed by atoms with E-state index in [1.165, 1.54) is 6.20 Å². The van der Waals surface area contributed by atoms with Crippen molar-refractivity contribution in [3.63, 3.8) is 0 Å². The molecule has 140 valence electrons. The molecule has 1 aliphatic rings. The van der Waals surface area contributed by atoms with E-state index in [1.54, 1.807) is 31.4 Å². The van der Waals surface area contributed by atoms with Crippen LogP contribution >= 0.6 is 0 Å². The Labute approximate surface area is 159 Å². The number of methoxy groups -OCH3 is 1. The highest BCUT2D eigenvalue weighted by Crippen LogP contribution is 2.28. The van der Waals surface area contributed by atoms with Crippen molar-refractivity contribution < 1.29 is 14.3 Å². The molecule has 2 aromatic rings. The maximum Gasteiger partial charge on any atom is 0.256 e. The van der Waals surface area contributed by atoms with Gasteiger partial charge in [-0.3, -0.25) is 9.59 Å². The molecule has 0 bridgehead atoms. The van der Waals surface area contributed by atoms with E-state index in [1.807, 2.05) is 35.2 Å². The Morgan fingerprint density at radius 2 is 1.63 bits per heavy atom. The second-order valence-electron chi connectivity index (χ2n) is 6.45. The van der Waals surface area contributed by atoms with Crippen molar-refractivity contribution in [1.29, 1.82) is 0 Å². The van der Waals surface area contributed by atoms with Crippen molar-refractivity contribution in [2.24, 2.45) is 0 Å². The molecule has 27 heavy (non-hydrogen) atoms. The molecule has 0 atom stereocenters. The summed E-state index contributed by atoms with van der Waals surface area (Å²) >= 11 is 0. The number of amides is 2. The van der Waals surface area contributed by atoms with Gasteiger partial charge in [-0.05, 0) is 37.5 Å². The third-order valence-corrected chi connectivity index (χ3v) is 4.65. The predicted molar refractivity (Wildman–Crippen MR) is 105 cm³/mol. The lowest BCUT2D eigenvalue weighted by Crippen LogP contribution is -2.36. The molecule has 0 aliphatic carbocycles. The quantitative estimate of drug-likeness (QED) is 0.827. The minimum atomic E-state index is -0.255. The summed E-state index contributed by atoms with van der Waals surface area (Å²) in [6.07, 6.45) is 4.65. The maximum atomic E-state index is 13.2. The van der Waals surface area contributed by atoms with Gasteiger partial charge in [0.05, 0.1) is 12.7 Å². The smallest absolute Gasteiger partial charge is 0.256 e. The standard InChI is InChI=1S/C22H24N2O3/c1-27-20-13-7-6-12-18(20)19(22(26)24-14-8-3-9-15-24)16-23-21(25)17-10-4-2-5-11-17/h2,4-7,10-13,16H,3,8-9,14-15H2,1H3,(H,23,25). The molecule has 3 rings (SSSR count). The monoisotopic (exact) mass is 364 g/mol. The summed E-state index contributed by atoms with van der Waals surface area (Å²) in [5.41, 5.74) is 1.64. The van der Waals surface area contributed by atoms with E-state index >= 15 is 0 Å². The van der Waals surface area contributed by atoms with E-state index in [9.17, 15) is 9.59 Å². The molecule has 0 saturated carbocycles. The molecule has 5 heteroatoms. The summed E-state index contributed by atoms with van der Waals surface area (Å²) in [6, 6.07) is 16.3. The van der Waals surface area contributed by atoms with Crippen molar-refractivity contribution >= 4 is 17.4 Å². The summed E-state index contributed by atoms with van der Waals surface area (Å²) in [7, 11) is 1.57. The molecule has 1 aliphatic heterocycles. The molecule has 0 unspecified atom stereocenters. The number of piperidine rings is 1. The summed E-state index contributed by atoms with van der Waals surface area (Å²) < 4.78 is 5.43. The lowest BCUT2D eigenvalue weighted by Gasteiger charge is -2.28. The molecule has 0 spiro atoms. The van der Waals surface area contributed by atoms with Crippen LogP contribution in [0.3, 0.4) is 0 Å². The van der Waals surface area contributed by atoms with Crippen molar-refractivity contribution in [2.75, 3.05) is 20.2 Å². The molecular weight excluding hydrogens is 340 g/mol. The number of likely N-dealkylation sites (tertiary alicyclic amines) is 1. The van der Waals surface area contributed by atoms with Crippen LogP contribution in [0.4, 0.5) is 0 Å². The van der Waals surface area contributed by atoms with Crippen LogP contribution in [0.1, 0.15) is 35.2 Å². The van der Waals surface area contributed by atoms with Crippen LogP contribution in [0.15, 0.2) is 60.8 Å². The Bertz CT molecular complexity index is 824. The topological polar surface area (TPSA) is 58.6 Å². The summed E-state index contributed by atoms with van der Waals surface area (Å²) in [5, 5.41) is 2.76. The van der Waals surface area contributed by atoms with Crippen LogP contribution < -0.4 is 10.1 Å². The van der Waals surface area contributed by atoms with Crippen LogP contribution in [0.2, 0.25) is 0 Å². The zero-order valence-electron chi connectivity index (χ0n) is 15.5. The van der Waals surface area contributed by atoms with Gasteiger partial charge in [0.25, 0.3) is 11.8 Å². The Morgan fingerprint density at radius 3 is 2.33 bits per heavy atom. The highest BCUT2D eigenvalue weighted by Gasteiger charge is 2.23. The van der Waals surface area contributed by atoms with Gasteiger partial charge in [-0.25, -0.2) is 0 Å². The Hall–Kier alpha value is -3.08. The third-order valence-electron chi connectivity index (χ3n) is 4.65. The number of benzene rings is 2. The number of rotatable bonds is 5. The fourth-order valence-corrected chi connectivity index (χ4v) is 3.20. The lowest BCUT2D eigenvalue weighted by atomic mass is 10.0. The second kappa shape index (κ2) is 9.03. The van der Waals surface area contributed by atoms with Gasteiger partial charge in [0.15, 0.2) is 0 Å². The van der Waals surface area contributed by atoms with E-state index in [0.29, 0.717) is 22.4 Å². The molecule has 1 fully saturated rings. The average molecular weight is 364 g/mol. The SMILES string of the molecule is COc1ccccc1C(=CNC(=O)c1ccccc1)C(=O)N1CCCCC1. The molecule has 1 saturated heterocycles. The predicted octanol–water partition coefficient (Wildman–Crippen LogP) is 3.48. The molecule has 1 N–H and O–H groups in total. The minimum absolute atomic E-state index is 0.0902. The Balaban J connectivity index is 1.91. The van der Waals surface area contributed by atoms with Gasteiger partial charge in [0, 0.05) is 30.4 Å². The molecule has 2 amide bonds. The number of para-hydroxylation sites is 1. The van der Waals surface area contributed by atoms with Crippen molar-refractivity contribution in [3.8, 4) is 5.75 Å². The summed E-state index contributed by atoms with van der Waals surface area (Å²) in [6.45, 7) is 1.47. The lowest BCUT2D eigenvalue weighted by molar-refractivity contribution is -0.125. The number of nitrogens with zero attached hydrogens (tertiary/aromatic N) is 1. The number of ether oxygens (including phenoxy) is 1. The first-order valence-corrected chi connectivity index (χ1v) is 9.19. The van der Waals surface area contributed by atoms with Crippen molar-refractivity contribution in [3.05, 3.63) is 71.9 Å². The molecule has 0 radical (unpaired) electrons. The zero-order chi connectivity index (χ0) is 19.1. The van der Waals surface area contributed by atoms with E-state index < -0.39 is 0 Å². The molecule has 0 aromatic heterocycles. The van der Waals surface area contributed by atoms with Crippen LogP contribution in [0, 0.1) is 0 Å². The Morgan fingerprint density at radius 1 is 0.963 bits per heavy atom. The molecule has 2 aromatic carbocycles. The van der Waals surface area contributed by atoms with Crippen molar-refractivity contribution in [2.45, 2.75) is 19.3 Å². The normalized spacial score (nSPS) is 14.6. The van der Waals surface area contributed by atoms with E-state index in [0.717, 1.165) is 32.4 Å². The number of carbonyl (C=O) groups excluding carboxylic acids is 2. The van der Waals surface area contributed by atoms with Gasteiger partial charge >= 0.3 is 0 Å². The van der Waals surface area contributed by atoms with E-state index in [4.69, 9.17) is 4.74 Å². The van der Waals surface area contributed by atoms with Crippen LogP contribution in [0.5, 0.6) is 5.75 Å². The second-order valence-corrected chi connectivity index (χ2v) is 6.45. The number of hydrogen-bond acceptors (Lipinski definition) is 3. The number of carbonyl (C=O) groups is 2. The van der Waals surface area contributed by atoms with Gasteiger partial charge in [-0.1, -0.05) is 36.4 Å². The van der Waals surface area contributed by atoms with Crippen molar-refractivity contribution in [1.82, 2.24) is 10.2 Å². The highest BCUT2D eigenvalue weighted by molar-refractivity contribution is 6.20. The summed E-state index contributed by atoms with van der Waals surface area (Å²) in [4.78, 5) is 27.4. The number of nitrogens with one attached hydrogen (secondary N) is 1. The largest absolute Gasteiger partial charge is 0.496 e. The molecule has 5 nitrogen and oxygen atoms in total. The fraction of sp³-hybridized carbons (Fsp3) is 0.273.